The Balaban J connectivity index is 2.09. The first-order valence-corrected chi connectivity index (χ1v) is 6.22. The molecule has 2 fully saturated rings. The predicted molar refractivity (Wildman–Crippen MR) is 60.4 cm³/mol. The van der Waals surface area contributed by atoms with Crippen LogP contribution in [0.5, 0.6) is 0 Å². The average molecular weight is 227 g/mol. The van der Waals surface area contributed by atoms with E-state index in [0.29, 0.717) is 6.04 Å². The number of carbonyl (C=O) groups is 1. The first-order valence-electron chi connectivity index (χ1n) is 6.22. The lowest BCUT2D eigenvalue weighted by atomic mass is 9.96. The summed E-state index contributed by atoms with van der Waals surface area (Å²) in [5.74, 6) is -0.671. The highest BCUT2D eigenvalue weighted by atomic mass is 16.5. The van der Waals surface area contributed by atoms with Crippen LogP contribution in [-0.2, 0) is 9.53 Å². The highest BCUT2D eigenvalue weighted by Gasteiger charge is 2.46. The van der Waals surface area contributed by atoms with Gasteiger partial charge >= 0.3 is 5.97 Å². The van der Waals surface area contributed by atoms with Gasteiger partial charge in [-0.25, -0.2) is 0 Å². The summed E-state index contributed by atoms with van der Waals surface area (Å²) in [6.07, 6.45) is 4.88. The zero-order valence-electron chi connectivity index (χ0n) is 9.95. The van der Waals surface area contributed by atoms with Gasteiger partial charge in [0.25, 0.3) is 0 Å². The van der Waals surface area contributed by atoms with Crippen molar-refractivity contribution in [3.63, 3.8) is 0 Å². The molecule has 4 nitrogen and oxygen atoms in total. The van der Waals surface area contributed by atoms with Crippen LogP contribution in [0.1, 0.15) is 39.0 Å². The first kappa shape index (κ1) is 11.9. The fourth-order valence-corrected chi connectivity index (χ4v) is 3.00. The largest absolute Gasteiger partial charge is 0.480 e. The third-order valence-electron chi connectivity index (χ3n) is 4.02. The summed E-state index contributed by atoms with van der Waals surface area (Å²) in [5.41, 5.74) is -0.644. The van der Waals surface area contributed by atoms with Crippen molar-refractivity contribution < 1.29 is 14.6 Å². The van der Waals surface area contributed by atoms with Gasteiger partial charge in [-0.2, -0.15) is 0 Å². The second-order valence-electron chi connectivity index (χ2n) is 5.07. The molecule has 0 spiro atoms. The van der Waals surface area contributed by atoms with Crippen LogP contribution in [0.2, 0.25) is 0 Å². The third-order valence-corrected chi connectivity index (χ3v) is 4.02. The van der Waals surface area contributed by atoms with E-state index in [2.05, 4.69) is 4.90 Å². The Morgan fingerprint density at radius 1 is 1.38 bits per heavy atom. The van der Waals surface area contributed by atoms with E-state index in [1.807, 2.05) is 6.92 Å². The number of carboxylic acids is 1. The first-order chi connectivity index (χ1) is 7.64. The van der Waals surface area contributed by atoms with Gasteiger partial charge in [-0.15, -0.1) is 0 Å². The molecule has 0 aromatic rings. The summed E-state index contributed by atoms with van der Waals surface area (Å²) < 4.78 is 5.44. The van der Waals surface area contributed by atoms with Crippen LogP contribution < -0.4 is 0 Å². The molecule has 16 heavy (non-hydrogen) atoms. The monoisotopic (exact) mass is 227 g/mol. The van der Waals surface area contributed by atoms with Gasteiger partial charge in [0.2, 0.25) is 0 Å². The van der Waals surface area contributed by atoms with E-state index in [1.54, 1.807) is 0 Å². The van der Waals surface area contributed by atoms with E-state index in [0.717, 1.165) is 51.9 Å². The molecule has 0 bridgehead atoms. The molecule has 2 rings (SSSR count). The molecular formula is C12H21NO3. The number of hydrogen-bond acceptors (Lipinski definition) is 3. The second kappa shape index (κ2) is 4.72. The Morgan fingerprint density at radius 3 is 2.94 bits per heavy atom. The van der Waals surface area contributed by atoms with Crippen molar-refractivity contribution in [2.24, 2.45) is 0 Å². The number of aliphatic carboxylic acids is 1. The fraction of sp³-hybridized carbons (Fsp3) is 0.917. The van der Waals surface area contributed by atoms with Gasteiger partial charge in [0.1, 0.15) is 5.54 Å². The lowest BCUT2D eigenvalue weighted by Gasteiger charge is -2.37. The Bertz CT molecular complexity index is 261. The lowest BCUT2D eigenvalue weighted by molar-refractivity contribution is -0.150. The zero-order valence-corrected chi connectivity index (χ0v) is 9.95. The van der Waals surface area contributed by atoms with E-state index in [-0.39, 0.29) is 0 Å². The number of hydrogen-bond donors (Lipinski definition) is 1. The second-order valence-corrected chi connectivity index (χ2v) is 5.07. The van der Waals surface area contributed by atoms with Crippen molar-refractivity contribution in [1.82, 2.24) is 4.90 Å². The fourth-order valence-electron chi connectivity index (χ4n) is 3.00. The van der Waals surface area contributed by atoms with Crippen molar-refractivity contribution in [3.05, 3.63) is 0 Å². The molecule has 2 unspecified atom stereocenters. The maximum atomic E-state index is 11.4. The van der Waals surface area contributed by atoms with Crippen LogP contribution in [-0.4, -0.2) is 47.3 Å². The SMILES string of the molecule is CC1(C(=O)O)CCCN1C1CCCOCC1. The van der Waals surface area contributed by atoms with Crippen LogP contribution in [0, 0.1) is 0 Å². The maximum absolute atomic E-state index is 11.4. The number of likely N-dealkylation sites (tertiary alicyclic amines) is 1. The minimum atomic E-state index is -0.671. The van der Waals surface area contributed by atoms with E-state index >= 15 is 0 Å². The van der Waals surface area contributed by atoms with Gasteiger partial charge in [-0.3, -0.25) is 9.69 Å². The van der Waals surface area contributed by atoms with Gasteiger partial charge in [0.05, 0.1) is 0 Å². The quantitative estimate of drug-likeness (QED) is 0.776. The highest BCUT2D eigenvalue weighted by molar-refractivity contribution is 5.78. The minimum Gasteiger partial charge on any atom is -0.480 e. The van der Waals surface area contributed by atoms with Gasteiger partial charge in [-0.05, 0) is 45.6 Å². The summed E-state index contributed by atoms with van der Waals surface area (Å²) in [6, 6.07) is 0.395. The molecule has 0 radical (unpaired) electrons. The summed E-state index contributed by atoms with van der Waals surface area (Å²) in [7, 11) is 0. The van der Waals surface area contributed by atoms with Crippen LogP contribution in [0.4, 0.5) is 0 Å². The van der Waals surface area contributed by atoms with Crippen LogP contribution >= 0.6 is 0 Å². The molecule has 2 aliphatic rings. The molecule has 0 aliphatic carbocycles. The summed E-state index contributed by atoms with van der Waals surface area (Å²) >= 11 is 0. The van der Waals surface area contributed by atoms with Crippen molar-refractivity contribution in [2.75, 3.05) is 19.8 Å². The van der Waals surface area contributed by atoms with E-state index in [4.69, 9.17) is 4.74 Å². The number of carboxylic acid groups (broad SMARTS) is 1. The molecule has 0 aromatic heterocycles. The Morgan fingerprint density at radius 2 is 2.19 bits per heavy atom. The van der Waals surface area contributed by atoms with Crippen LogP contribution in [0.3, 0.4) is 0 Å². The summed E-state index contributed by atoms with van der Waals surface area (Å²) in [5, 5.41) is 9.37. The number of rotatable bonds is 2. The Hall–Kier alpha value is -0.610. The summed E-state index contributed by atoms with van der Waals surface area (Å²) in [6.45, 7) is 4.40. The van der Waals surface area contributed by atoms with E-state index < -0.39 is 11.5 Å². The van der Waals surface area contributed by atoms with Gasteiger partial charge in [0.15, 0.2) is 0 Å². The smallest absolute Gasteiger partial charge is 0.323 e. The van der Waals surface area contributed by atoms with Crippen LogP contribution in [0.25, 0.3) is 0 Å². The third kappa shape index (κ3) is 2.09. The Labute approximate surface area is 96.6 Å². The summed E-state index contributed by atoms with van der Waals surface area (Å²) in [4.78, 5) is 13.6. The molecule has 2 heterocycles. The lowest BCUT2D eigenvalue weighted by Crippen LogP contribution is -2.52. The van der Waals surface area contributed by atoms with Crippen molar-refractivity contribution in [1.29, 1.82) is 0 Å². The normalized spacial score (nSPS) is 37.2. The molecular weight excluding hydrogens is 206 g/mol. The molecule has 2 aliphatic heterocycles. The molecule has 1 N–H and O–H groups in total. The standard InChI is InChI=1S/C12H21NO3/c1-12(11(14)15)6-3-7-13(12)10-4-2-8-16-9-5-10/h10H,2-9H2,1H3,(H,14,15). The molecule has 2 saturated heterocycles. The molecule has 0 saturated carbocycles. The number of nitrogens with zero attached hydrogens (tertiary/aromatic N) is 1. The zero-order chi connectivity index (χ0) is 11.6. The molecule has 92 valence electrons. The average Bonchev–Trinajstić information content (AvgIpc) is 2.51. The molecule has 2 atom stereocenters. The van der Waals surface area contributed by atoms with Crippen molar-refractivity contribution >= 4 is 5.97 Å². The van der Waals surface area contributed by atoms with Gasteiger partial charge < -0.3 is 9.84 Å². The molecule has 0 aromatic carbocycles. The van der Waals surface area contributed by atoms with E-state index in [1.165, 1.54) is 0 Å². The van der Waals surface area contributed by atoms with Crippen molar-refractivity contribution in [3.8, 4) is 0 Å². The maximum Gasteiger partial charge on any atom is 0.323 e. The number of ether oxygens (including phenoxy) is 1. The molecule has 4 heteroatoms. The van der Waals surface area contributed by atoms with Gasteiger partial charge in [0, 0.05) is 19.3 Å². The predicted octanol–water partition coefficient (Wildman–Crippen LogP) is 1.49. The van der Waals surface area contributed by atoms with E-state index in [9.17, 15) is 9.90 Å². The minimum absolute atomic E-state index is 0.395. The van der Waals surface area contributed by atoms with Gasteiger partial charge in [-0.1, -0.05) is 0 Å². The Kier molecular flexibility index (Phi) is 3.50. The molecule has 0 amide bonds. The highest BCUT2D eigenvalue weighted by Crippen LogP contribution is 2.34. The van der Waals surface area contributed by atoms with Crippen LogP contribution in [0.15, 0.2) is 0 Å². The van der Waals surface area contributed by atoms with Crippen molar-refractivity contribution in [2.45, 2.75) is 50.6 Å². The topological polar surface area (TPSA) is 49.8 Å².